The number of rotatable bonds is 4. The zero-order valence-electron chi connectivity index (χ0n) is 10.1. The largest absolute Gasteiger partial charge is 0.416 e. The highest BCUT2D eigenvalue weighted by Gasteiger charge is 2.32. The molecule has 10 heteroatoms. The summed E-state index contributed by atoms with van der Waals surface area (Å²) in [4.78, 5) is 10.9. The van der Waals surface area contributed by atoms with Crippen LogP contribution in [0.5, 0.6) is 0 Å². The molecule has 0 heterocycles. The summed E-state index contributed by atoms with van der Waals surface area (Å²) in [5.74, 6) is -0.966. The molecular weight excluding hydrogens is 321 g/mol. The van der Waals surface area contributed by atoms with Gasteiger partial charge in [0.1, 0.15) is 6.54 Å². The van der Waals surface area contributed by atoms with E-state index in [0.717, 1.165) is 12.3 Å². The predicted octanol–water partition coefficient (Wildman–Crippen LogP) is 1.61. The molecule has 0 saturated carbocycles. The molecule has 1 aromatic carbocycles. The third-order valence-electron chi connectivity index (χ3n) is 2.24. The van der Waals surface area contributed by atoms with Crippen LogP contribution in [0.3, 0.4) is 0 Å². The van der Waals surface area contributed by atoms with E-state index in [0.29, 0.717) is 16.4 Å². The average molecular weight is 331 g/mol. The smallest absolute Gasteiger partial charge is 0.368 e. The summed E-state index contributed by atoms with van der Waals surface area (Å²) in [6, 6.07) is 2.12. The molecular formula is C10H10ClF3N2O3S. The second-order valence-electron chi connectivity index (χ2n) is 3.90. The molecule has 2 N–H and O–H groups in total. The summed E-state index contributed by atoms with van der Waals surface area (Å²) in [7, 11) is -3.92. The number of amides is 1. The van der Waals surface area contributed by atoms with Crippen molar-refractivity contribution in [2.75, 3.05) is 17.1 Å². The van der Waals surface area contributed by atoms with Crippen molar-refractivity contribution < 1.29 is 26.4 Å². The fourth-order valence-corrected chi connectivity index (χ4v) is 2.62. The fourth-order valence-electron chi connectivity index (χ4n) is 1.41. The van der Waals surface area contributed by atoms with E-state index in [1.807, 2.05) is 0 Å². The number of primary amides is 1. The number of alkyl halides is 3. The summed E-state index contributed by atoms with van der Waals surface area (Å²) in [6.45, 7) is -0.718. The summed E-state index contributed by atoms with van der Waals surface area (Å²) in [5.41, 5.74) is 3.63. The summed E-state index contributed by atoms with van der Waals surface area (Å²) >= 11 is 5.66. The van der Waals surface area contributed by atoms with Gasteiger partial charge in [0.2, 0.25) is 15.9 Å². The van der Waals surface area contributed by atoms with Crippen molar-refractivity contribution in [3.63, 3.8) is 0 Å². The Kier molecular flexibility index (Phi) is 4.55. The third-order valence-corrected chi connectivity index (χ3v) is 3.67. The van der Waals surface area contributed by atoms with Crippen LogP contribution in [0, 0.1) is 0 Å². The quantitative estimate of drug-likeness (QED) is 0.910. The van der Waals surface area contributed by atoms with Gasteiger partial charge in [0.15, 0.2) is 0 Å². The number of carbonyl (C=O) groups is 1. The van der Waals surface area contributed by atoms with E-state index in [-0.39, 0.29) is 5.69 Å². The SMILES string of the molecule is CS(=O)(=O)N(CC(N)=O)c1ccc(C(F)(F)F)cc1Cl. The van der Waals surface area contributed by atoms with Crippen molar-refractivity contribution in [3.8, 4) is 0 Å². The maximum absolute atomic E-state index is 12.5. The maximum atomic E-state index is 12.5. The minimum absolute atomic E-state index is 0.249. The van der Waals surface area contributed by atoms with Gasteiger partial charge in [0.05, 0.1) is 22.5 Å². The molecule has 1 amide bonds. The molecule has 0 aromatic heterocycles. The van der Waals surface area contributed by atoms with Crippen molar-refractivity contribution in [2.24, 2.45) is 5.73 Å². The molecule has 0 unspecified atom stereocenters. The van der Waals surface area contributed by atoms with Crippen molar-refractivity contribution in [1.29, 1.82) is 0 Å². The Morgan fingerprint density at radius 1 is 1.40 bits per heavy atom. The number of benzene rings is 1. The minimum Gasteiger partial charge on any atom is -0.368 e. The number of hydrogen-bond acceptors (Lipinski definition) is 3. The standard InChI is InChI=1S/C10H10ClF3N2O3S/c1-20(18,19)16(5-9(15)17)8-3-2-6(4-7(8)11)10(12,13)14/h2-4H,5H2,1H3,(H2,15,17). The lowest BCUT2D eigenvalue weighted by Gasteiger charge is -2.22. The molecule has 5 nitrogen and oxygen atoms in total. The molecule has 0 radical (unpaired) electrons. The number of nitrogens with zero attached hydrogens (tertiary/aromatic N) is 1. The average Bonchev–Trinajstić information content (AvgIpc) is 2.23. The number of halogens is 4. The van der Waals surface area contributed by atoms with Gasteiger partial charge in [-0.15, -0.1) is 0 Å². The Hall–Kier alpha value is -1.48. The van der Waals surface area contributed by atoms with E-state index in [4.69, 9.17) is 17.3 Å². The van der Waals surface area contributed by atoms with E-state index >= 15 is 0 Å². The number of nitrogens with two attached hydrogens (primary N) is 1. The highest BCUT2D eigenvalue weighted by Crippen LogP contribution is 2.35. The lowest BCUT2D eigenvalue weighted by atomic mass is 10.2. The van der Waals surface area contributed by atoms with Crippen molar-refractivity contribution in [3.05, 3.63) is 28.8 Å². The van der Waals surface area contributed by atoms with Gasteiger partial charge in [-0.1, -0.05) is 11.6 Å². The van der Waals surface area contributed by atoms with Gasteiger partial charge < -0.3 is 5.73 Å². The molecule has 1 rings (SSSR count). The van der Waals surface area contributed by atoms with Crippen LogP contribution in [0.1, 0.15) is 5.56 Å². The second-order valence-corrected chi connectivity index (χ2v) is 6.21. The van der Waals surface area contributed by atoms with Gasteiger partial charge in [-0.25, -0.2) is 8.42 Å². The van der Waals surface area contributed by atoms with Crippen LogP contribution in [-0.4, -0.2) is 27.1 Å². The highest BCUT2D eigenvalue weighted by atomic mass is 35.5. The van der Waals surface area contributed by atoms with Crippen LogP contribution < -0.4 is 10.0 Å². The Labute approximate surface area is 118 Å². The number of hydrogen-bond donors (Lipinski definition) is 1. The Balaban J connectivity index is 3.33. The van der Waals surface area contributed by atoms with Crippen molar-refractivity contribution in [2.45, 2.75) is 6.18 Å². The van der Waals surface area contributed by atoms with Crippen LogP contribution in [0.15, 0.2) is 18.2 Å². The molecule has 1 aromatic rings. The van der Waals surface area contributed by atoms with Crippen LogP contribution >= 0.6 is 11.6 Å². The Morgan fingerprint density at radius 3 is 2.30 bits per heavy atom. The first-order chi connectivity index (χ1) is 8.93. The first-order valence-electron chi connectivity index (χ1n) is 5.05. The second kappa shape index (κ2) is 5.49. The molecule has 0 aliphatic rings. The lowest BCUT2D eigenvalue weighted by Crippen LogP contribution is -2.38. The van der Waals surface area contributed by atoms with Gasteiger partial charge in [0, 0.05) is 0 Å². The van der Waals surface area contributed by atoms with Crippen LogP contribution in [0.4, 0.5) is 18.9 Å². The predicted molar refractivity (Wildman–Crippen MR) is 67.8 cm³/mol. The van der Waals surface area contributed by atoms with E-state index in [1.54, 1.807) is 0 Å². The van der Waals surface area contributed by atoms with Crippen molar-refractivity contribution >= 4 is 33.2 Å². The van der Waals surface area contributed by atoms with E-state index in [2.05, 4.69) is 0 Å². The monoisotopic (exact) mass is 330 g/mol. The van der Waals surface area contributed by atoms with Gasteiger partial charge in [-0.05, 0) is 18.2 Å². The molecule has 0 fully saturated rings. The first kappa shape index (κ1) is 16.6. The molecule has 0 aliphatic heterocycles. The third kappa shape index (κ3) is 4.01. The molecule has 20 heavy (non-hydrogen) atoms. The van der Waals surface area contributed by atoms with Crippen LogP contribution in [0.2, 0.25) is 5.02 Å². The van der Waals surface area contributed by atoms with Crippen LogP contribution in [0.25, 0.3) is 0 Å². The van der Waals surface area contributed by atoms with E-state index in [1.165, 1.54) is 0 Å². The lowest BCUT2D eigenvalue weighted by molar-refractivity contribution is -0.137. The summed E-state index contributed by atoms with van der Waals surface area (Å²) in [5, 5.41) is -0.452. The molecule has 0 spiro atoms. The van der Waals surface area contributed by atoms with Gasteiger partial charge in [-0.3, -0.25) is 9.10 Å². The number of sulfonamides is 1. The van der Waals surface area contributed by atoms with Crippen LogP contribution in [-0.2, 0) is 21.0 Å². The van der Waals surface area contributed by atoms with Crippen molar-refractivity contribution in [1.82, 2.24) is 0 Å². The number of anilines is 1. The zero-order chi connectivity index (χ0) is 15.7. The van der Waals surface area contributed by atoms with Gasteiger partial charge in [-0.2, -0.15) is 13.2 Å². The van der Waals surface area contributed by atoms with Gasteiger partial charge in [0.25, 0.3) is 0 Å². The molecule has 0 saturated heterocycles. The Bertz CT molecular complexity index is 631. The van der Waals surface area contributed by atoms with E-state index in [9.17, 15) is 26.4 Å². The molecule has 0 bridgehead atoms. The number of carbonyl (C=O) groups excluding carboxylic acids is 1. The molecule has 0 atom stereocenters. The zero-order valence-corrected chi connectivity index (χ0v) is 11.7. The normalized spacial score (nSPS) is 12.2. The Morgan fingerprint density at radius 2 is 1.95 bits per heavy atom. The maximum Gasteiger partial charge on any atom is 0.416 e. The molecule has 112 valence electrons. The molecule has 0 aliphatic carbocycles. The summed E-state index contributed by atoms with van der Waals surface area (Å²) < 4.78 is 61.1. The fraction of sp³-hybridized carbons (Fsp3) is 0.300. The van der Waals surface area contributed by atoms with E-state index < -0.39 is 39.2 Å². The highest BCUT2D eigenvalue weighted by molar-refractivity contribution is 7.92. The van der Waals surface area contributed by atoms with Gasteiger partial charge >= 0.3 is 6.18 Å². The topological polar surface area (TPSA) is 80.5 Å². The minimum atomic E-state index is -4.61. The summed E-state index contributed by atoms with van der Waals surface area (Å²) in [6.07, 6.45) is -3.83. The first-order valence-corrected chi connectivity index (χ1v) is 7.28.